The van der Waals surface area contributed by atoms with E-state index in [2.05, 4.69) is 0 Å². The van der Waals surface area contributed by atoms with Crippen molar-refractivity contribution in [2.75, 3.05) is 0 Å². The summed E-state index contributed by atoms with van der Waals surface area (Å²) in [5, 5.41) is 2.02. The molecule has 2 aromatic rings. The average molecular weight is 321 g/mol. The van der Waals surface area contributed by atoms with Gasteiger partial charge in [-0.2, -0.15) is 0 Å². The van der Waals surface area contributed by atoms with Crippen LogP contribution in [-0.2, 0) is 6.54 Å². The lowest BCUT2D eigenvalue weighted by molar-refractivity contribution is 1.07. The number of hydrogen-bond donors (Lipinski definition) is 1. The van der Waals surface area contributed by atoms with E-state index in [9.17, 15) is 0 Å². The summed E-state index contributed by atoms with van der Waals surface area (Å²) >= 11 is 24.2. The molecular formula is C13H9Cl4N. The average Bonchev–Trinajstić information content (AvgIpc) is 2.33. The van der Waals surface area contributed by atoms with Crippen molar-refractivity contribution in [3.8, 4) is 11.1 Å². The Labute approximate surface area is 125 Å². The Morgan fingerprint density at radius 3 is 2.06 bits per heavy atom. The van der Waals surface area contributed by atoms with Gasteiger partial charge in [0.2, 0.25) is 0 Å². The van der Waals surface area contributed by atoms with E-state index in [0.717, 1.165) is 16.7 Å². The molecule has 0 unspecified atom stereocenters. The molecule has 0 amide bonds. The smallest absolute Gasteiger partial charge is 0.0607 e. The maximum atomic E-state index is 6.15. The highest BCUT2D eigenvalue weighted by Crippen LogP contribution is 2.36. The minimum Gasteiger partial charge on any atom is -0.326 e. The van der Waals surface area contributed by atoms with Crippen LogP contribution in [0.25, 0.3) is 11.1 Å². The van der Waals surface area contributed by atoms with Crippen molar-refractivity contribution in [2.45, 2.75) is 6.54 Å². The van der Waals surface area contributed by atoms with Crippen molar-refractivity contribution in [3.63, 3.8) is 0 Å². The van der Waals surface area contributed by atoms with E-state index in [1.54, 1.807) is 12.1 Å². The van der Waals surface area contributed by atoms with E-state index >= 15 is 0 Å². The lowest BCUT2D eigenvalue weighted by Gasteiger charge is -2.09. The predicted octanol–water partition coefficient (Wildman–Crippen LogP) is 5.43. The first kappa shape index (κ1) is 14.0. The topological polar surface area (TPSA) is 26.0 Å². The van der Waals surface area contributed by atoms with Crippen LogP contribution in [0.1, 0.15) is 5.56 Å². The van der Waals surface area contributed by atoms with Crippen molar-refractivity contribution >= 4 is 46.4 Å². The van der Waals surface area contributed by atoms with E-state index in [-0.39, 0.29) is 0 Å². The van der Waals surface area contributed by atoms with Gasteiger partial charge in [-0.15, -0.1) is 0 Å². The van der Waals surface area contributed by atoms with Gasteiger partial charge in [-0.05, 0) is 29.3 Å². The Kier molecular flexibility index (Phi) is 4.41. The van der Waals surface area contributed by atoms with E-state index in [0.29, 0.717) is 26.6 Å². The van der Waals surface area contributed by atoms with Gasteiger partial charge in [-0.3, -0.25) is 0 Å². The SMILES string of the molecule is NCc1ccc(-c2cc(Cl)c(Cl)cc2Cl)cc1Cl. The normalized spacial score (nSPS) is 10.7. The van der Waals surface area contributed by atoms with Gasteiger partial charge in [0.25, 0.3) is 0 Å². The summed E-state index contributed by atoms with van der Waals surface area (Å²) in [6.45, 7) is 0.397. The van der Waals surface area contributed by atoms with E-state index in [4.69, 9.17) is 52.1 Å². The number of nitrogens with two attached hydrogens (primary N) is 1. The molecule has 0 aliphatic heterocycles. The van der Waals surface area contributed by atoms with Gasteiger partial charge in [0.1, 0.15) is 0 Å². The molecule has 0 saturated heterocycles. The highest BCUT2D eigenvalue weighted by atomic mass is 35.5. The van der Waals surface area contributed by atoms with Gasteiger partial charge in [0.05, 0.1) is 10.0 Å². The van der Waals surface area contributed by atoms with Gasteiger partial charge in [-0.25, -0.2) is 0 Å². The molecule has 0 aliphatic carbocycles. The molecule has 0 fully saturated rings. The molecule has 0 atom stereocenters. The van der Waals surface area contributed by atoms with Crippen LogP contribution in [0.5, 0.6) is 0 Å². The van der Waals surface area contributed by atoms with Crippen LogP contribution >= 0.6 is 46.4 Å². The zero-order valence-corrected chi connectivity index (χ0v) is 12.2. The third kappa shape index (κ3) is 2.76. The van der Waals surface area contributed by atoms with Crippen LogP contribution in [0.2, 0.25) is 20.1 Å². The van der Waals surface area contributed by atoms with Gasteiger partial charge in [0.15, 0.2) is 0 Å². The van der Waals surface area contributed by atoms with Crippen LogP contribution in [0.15, 0.2) is 30.3 Å². The lowest BCUT2D eigenvalue weighted by Crippen LogP contribution is -1.97. The van der Waals surface area contributed by atoms with E-state index in [1.807, 2.05) is 18.2 Å². The number of benzene rings is 2. The van der Waals surface area contributed by atoms with Gasteiger partial charge in [-0.1, -0.05) is 58.5 Å². The molecule has 0 spiro atoms. The second-order valence-electron chi connectivity index (χ2n) is 3.76. The van der Waals surface area contributed by atoms with Crippen molar-refractivity contribution in [3.05, 3.63) is 56.0 Å². The Balaban J connectivity index is 2.55. The molecule has 0 radical (unpaired) electrons. The van der Waals surface area contributed by atoms with Crippen LogP contribution in [-0.4, -0.2) is 0 Å². The quantitative estimate of drug-likeness (QED) is 0.734. The highest BCUT2D eigenvalue weighted by molar-refractivity contribution is 6.44. The van der Waals surface area contributed by atoms with E-state index < -0.39 is 0 Å². The van der Waals surface area contributed by atoms with Crippen molar-refractivity contribution < 1.29 is 0 Å². The standard InChI is InChI=1S/C13H9Cl4N/c14-10-3-7(1-2-8(10)6-18)9-4-12(16)13(17)5-11(9)15/h1-5H,6,18H2. The lowest BCUT2D eigenvalue weighted by atomic mass is 10.0. The summed E-state index contributed by atoms with van der Waals surface area (Å²) in [6.07, 6.45) is 0. The summed E-state index contributed by atoms with van der Waals surface area (Å²) in [4.78, 5) is 0. The molecule has 18 heavy (non-hydrogen) atoms. The maximum Gasteiger partial charge on any atom is 0.0607 e. The van der Waals surface area contributed by atoms with Crippen LogP contribution in [0.4, 0.5) is 0 Å². The third-order valence-corrected chi connectivity index (χ3v) is 3.98. The Morgan fingerprint density at radius 2 is 1.44 bits per heavy atom. The second-order valence-corrected chi connectivity index (χ2v) is 5.39. The highest BCUT2D eigenvalue weighted by Gasteiger charge is 2.09. The molecule has 94 valence electrons. The minimum absolute atomic E-state index is 0.397. The van der Waals surface area contributed by atoms with Gasteiger partial charge >= 0.3 is 0 Å². The number of rotatable bonds is 2. The Hall–Kier alpha value is -0.440. The summed E-state index contributed by atoms with van der Waals surface area (Å²) in [5.41, 5.74) is 8.11. The second kappa shape index (κ2) is 5.68. The summed E-state index contributed by atoms with van der Waals surface area (Å²) in [5.74, 6) is 0. The molecule has 2 N–H and O–H groups in total. The summed E-state index contributed by atoms with van der Waals surface area (Å²) in [6, 6.07) is 8.93. The molecule has 0 heterocycles. The maximum absolute atomic E-state index is 6.15. The molecule has 2 aromatic carbocycles. The first-order valence-corrected chi connectivity index (χ1v) is 6.67. The zero-order valence-electron chi connectivity index (χ0n) is 9.18. The van der Waals surface area contributed by atoms with Gasteiger partial charge in [0, 0.05) is 22.2 Å². The molecule has 5 heteroatoms. The van der Waals surface area contributed by atoms with Crippen molar-refractivity contribution in [1.82, 2.24) is 0 Å². The molecule has 0 saturated carbocycles. The Bertz CT molecular complexity index is 596. The molecule has 1 nitrogen and oxygen atoms in total. The fraction of sp³-hybridized carbons (Fsp3) is 0.0769. The zero-order chi connectivity index (χ0) is 13.3. The summed E-state index contributed by atoms with van der Waals surface area (Å²) in [7, 11) is 0. The number of hydrogen-bond acceptors (Lipinski definition) is 1. The minimum atomic E-state index is 0.397. The molecule has 0 aliphatic rings. The van der Waals surface area contributed by atoms with Gasteiger partial charge < -0.3 is 5.73 Å². The molecule has 2 rings (SSSR count). The molecule has 0 bridgehead atoms. The molecular weight excluding hydrogens is 312 g/mol. The van der Waals surface area contributed by atoms with Crippen LogP contribution in [0, 0.1) is 0 Å². The van der Waals surface area contributed by atoms with Crippen molar-refractivity contribution in [2.24, 2.45) is 5.73 Å². The fourth-order valence-corrected chi connectivity index (χ4v) is 2.54. The van der Waals surface area contributed by atoms with Crippen LogP contribution < -0.4 is 5.73 Å². The van der Waals surface area contributed by atoms with Crippen LogP contribution in [0.3, 0.4) is 0 Å². The third-order valence-electron chi connectivity index (χ3n) is 2.59. The number of halogens is 4. The predicted molar refractivity (Wildman–Crippen MR) is 79.8 cm³/mol. The monoisotopic (exact) mass is 319 g/mol. The first-order valence-electron chi connectivity index (χ1n) is 5.16. The largest absolute Gasteiger partial charge is 0.326 e. The molecule has 0 aromatic heterocycles. The van der Waals surface area contributed by atoms with E-state index in [1.165, 1.54) is 0 Å². The first-order chi connectivity index (χ1) is 8.52. The fourth-order valence-electron chi connectivity index (χ4n) is 1.62. The Morgan fingerprint density at radius 1 is 0.778 bits per heavy atom. The summed E-state index contributed by atoms with van der Waals surface area (Å²) < 4.78 is 0. The van der Waals surface area contributed by atoms with Crippen molar-refractivity contribution in [1.29, 1.82) is 0 Å².